The molecule has 200 valence electrons. The highest BCUT2D eigenvalue weighted by Crippen LogP contribution is 2.69. The van der Waals surface area contributed by atoms with Gasteiger partial charge in [0.25, 0.3) is 0 Å². The molecule has 2 N–H and O–H groups in total. The van der Waals surface area contributed by atoms with Gasteiger partial charge in [0.15, 0.2) is 6.10 Å². The van der Waals surface area contributed by atoms with Gasteiger partial charge in [-0.15, -0.1) is 0 Å². The van der Waals surface area contributed by atoms with E-state index < -0.39 is 46.4 Å². The molecule has 0 aromatic heterocycles. The number of hydrogen-bond acceptors (Lipinski definition) is 7. The zero-order valence-corrected chi connectivity index (χ0v) is 22.3. The van der Waals surface area contributed by atoms with E-state index in [4.69, 9.17) is 14.2 Å². The summed E-state index contributed by atoms with van der Waals surface area (Å²) in [7, 11) is 1.53. The molecule has 4 aliphatic rings. The predicted octanol–water partition coefficient (Wildman–Crippen LogP) is 4.03. The Morgan fingerprint density at radius 2 is 1.86 bits per heavy atom. The van der Waals surface area contributed by atoms with Crippen LogP contribution in [-0.2, 0) is 23.8 Å². The van der Waals surface area contributed by atoms with E-state index in [9.17, 15) is 19.8 Å². The van der Waals surface area contributed by atoms with Gasteiger partial charge in [0.2, 0.25) is 5.79 Å². The van der Waals surface area contributed by atoms with Crippen LogP contribution < -0.4 is 0 Å². The van der Waals surface area contributed by atoms with E-state index in [0.717, 1.165) is 18.4 Å². The molecule has 3 fully saturated rings. The molecule has 5 rings (SSSR count). The lowest BCUT2D eigenvalue weighted by Gasteiger charge is -2.69. The third kappa shape index (κ3) is 3.65. The molecule has 37 heavy (non-hydrogen) atoms. The number of carbonyl (C=O) groups excluding carboxylic acids is 2. The molecular weight excluding hydrogens is 472 g/mol. The fourth-order valence-electron chi connectivity index (χ4n) is 8.26. The topological polar surface area (TPSA) is 102 Å². The summed E-state index contributed by atoms with van der Waals surface area (Å²) in [5, 5.41) is 24.6. The standard InChI is InChI=1S/C30H38O7/c1-18-20-16-23(32)37-29(20,35-5)17-21-24(18)25(33)26(30(34)27(2,3)14-9-15-28(21,30)4)36-22(31)13-12-19-10-7-6-8-11-19/h6-8,10-13,16,18,21,24-26,33-34H,9,14-15,17H2,1-5H3/t18-,21?,24+,25-,26-,28-,29-,30-/m1/s1. The summed E-state index contributed by atoms with van der Waals surface area (Å²) < 4.78 is 17.6. The Kier molecular flexibility index (Phi) is 6.21. The number of ether oxygens (including phenoxy) is 3. The highest BCUT2D eigenvalue weighted by atomic mass is 16.7. The molecular formula is C30H38O7. The van der Waals surface area contributed by atoms with Crippen LogP contribution in [0, 0.1) is 28.6 Å². The minimum absolute atomic E-state index is 0.236. The third-order valence-electron chi connectivity index (χ3n) is 10.1. The van der Waals surface area contributed by atoms with Crippen LogP contribution in [-0.4, -0.2) is 52.9 Å². The number of esters is 2. The number of methoxy groups -OCH3 is 1. The average molecular weight is 511 g/mol. The first-order chi connectivity index (χ1) is 17.4. The highest BCUT2D eigenvalue weighted by molar-refractivity contribution is 5.87. The lowest BCUT2D eigenvalue weighted by atomic mass is 9.39. The zero-order chi connectivity index (χ0) is 26.8. The van der Waals surface area contributed by atoms with Gasteiger partial charge in [-0.1, -0.05) is 64.4 Å². The largest absolute Gasteiger partial charge is 0.453 e. The minimum atomic E-state index is -1.52. The van der Waals surface area contributed by atoms with Crippen molar-refractivity contribution in [3.05, 3.63) is 53.6 Å². The SMILES string of the molecule is CO[C@@]12CC3[C@@H]([C@@H](O)[C@@H](OC(=O)C=Cc4ccccc4)[C@@]4(O)C(C)(C)CCC[C@]34C)[C@H](C)C1=CC(=O)O2. The Morgan fingerprint density at radius 3 is 2.54 bits per heavy atom. The molecule has 1 unspecified atom stereocenters. The molecule has 3 aliphatic carbocycles. The lowest BCUT2D eigenvalue weighted by molar-refractivity contribution is -0.332. The number of fused-ring (bicyclic) bond motifs is 4. The van der Waals surface area contributed by atoms with E-state index in [0.29, 0.717) is 18.4 Å². The highest BCUT2D eigenvalue weighted by Gasteiger charge is 2.75. The molecule has 0 saturated heterocycles. The first-order valence-electron chi connectivity index (χ1n) is 13.2. The summed E-state index contributed by atoms with van der Waals surface area (Å²) in [5.74, 6) is -3.16. The Bertz CT molecular complexity index is 1140. The minimum Gasteiger partial charge on any atom is -0.453 e. The maximum atomic E-state index is 13.1. The van der Waals surface area contributed by atoms with Gasteiger partial charge < -0.3 is 24.4 Å². The number of aliphatic hydroxyl groups is 2. The van der Waals surface area contributed by atoms with Crippen molar-refractivity contribution in [3.63, 3.8) is 0 Å². The lowest BCUT2D eigenvalue weighted by Crippen LogP contribution is -2.77. The number of hydrogen-bond donors (Lipinski definition) is 2. The first kappa shape index (κ1) is 26.1. The first-order valence-corrected chi connectivity index (χ1v) is 13.2. The molecule has 0 amide bonds. The van der Waals surface area contributed by atoms with Gasteiger partial charge in [-0.3, -0.25) is 0 Å². The van der Waals surface area contributed by atoms with E-state index >= 15 is 0 Å². The number of benzene rings is 1. The summed E-state index contributed by atoms with van der Waals surface area (Å²) >= 11 is 0. The second-order valence-corrected chi connectivity index (χ2v) is 12.2. The summed E-state index contributed by atoms with van der Waals surface area (Å²) in [6, 6.07) is 9.41. The van der Waals surface area contributed by atoms with Crippen LogP contribution in [0.2, 0.25) is 0 Å². The van der Waals surface area contributed by atoms with Crippen LogP contribution in [0.25, 0.3) is 6.08 Å². The molecule has 1 aromatic rings. The Hall–Kier alpha value is -2.48. The number of carbonyl (C=O) groups is 2. The Morgan fingerprint density at radius 1 is 1.16 bits per heavy atom. The molecule has 1 heterocycles. The van der Waals surface area contributed by atoms with Gasteiger partial charge in [-0.2, -0.15) is 0 Å². The summed E-state index contributed by atoms with van der Waals surface area (Å²) in [6.07, 6.45) is 4.82. The van der Waals surface area contributed by atoms with Crippen LogP contribution in [0.5, 0.6) is 0 Å². The second-order valence-electron chi connectivity index (χ2n) is 12.2. The predicted molar refractivity (Wildman–Crippen MR) is 137 cm³/mol. The molecule has 0 bridgehead atoms. The van der Waals surface area contributed by atoms with Gasteiger partial charge in [0.05, 0.1) is 6.10 Å². The van der Waals surface area contributed by atoms with Crippen LogP contribution in [0.15, 0.2) is 48.1 Å². The van der Waals surface area contributed by atoms with Crippen molar-refractivity contribution >= 4 is 18.0 Å². The molecule has 0 radical (unpaired) electrons. The third-order valence-corrected chi connectivity index (χ3v) is 10.1. The van der Waals surface area contributed by atoms with Gasteiger partial charge in [-0.25, -0.2) is 9.59 Å². The van der Waals surface area contributed by atoms with Crippen LogP contribution in [0.1, 0.15) is 58.9 Å². The average Bonchev–Trinajstić information content (AvgIpc) is 3.21. The smallest absolute Gasteiger partial charge is 0.333 e. The molecule has 8 atom stereocenters. The summed E-state index contributed by atoms with van der Waals surface area (Å²) in [5.41, 5.74) is -1.36. The maximum absolute atomic E-state index is 13.1. The Balaban J connectivity index is 1.57. The van der Waals surface area contributed by atoms with Crippen molar-refractivity contribution in [2.24, 2.45) is 28.6 Å². The summed E-state index contributed by atoms with van der Waals surface area (Å²) in [4.78, 5) is 25.5. The molecule has 0 spiro atoms. The van der Waals surface area contributed by atoms with Gasteiger partial charge in [-0.05, 0) is 47.6 Å². The van der Waals surface area contributed by atoms with E-state index in [1.54, 1.807) is 6.08 Å². The van der Waals surface area contributed by atoms with E-state index in [1.807, 2.05) is 58.0 Å². The van der Waals surface area contributed by atoms with E-state index in [2.05, 4.69) is 0 Å². The van der Waals surface area contributed by atoms with Crippen LogP contribution >= 0.6 is 0 Å². The van der Waals surface area contributed by atoms with Crippen molar-refractivity contribution in [1.82, 2.24) is 0 Å². The molecule has 7 nitrogen and oxygen atoms in total. The second kappa shape index (κ2) is 8.79. The zero-order valence-electron chi connectivity index (χ0n) is 22.3. The Labute approximate surface area is 218 Å². The van der Waals surface area contributed by atoms with Gasteiger partial charge >= 0.3 is 11.9 Å². The molecule has 7 heteroatoms. The monoisotopic (exact) mass is 510 g/mol. The fraction of sp³-hybridized carbons (Fsp3) is 0.600. The van der Waals surface area contributed by atoms with Crippen LogP contribution in [0.4, 0.5) is 0 Å². The van der Waals surface area contributed by atoms with Gasteiger partial charge in [0.1, 0.15) is 5.60 Å². The van der Waals surface area contributed by atoms with E-state index in [-0.39, 0.29) is 17.8 Å². The van der Waals surface area contributed by atoms with Crippen molar-refractivity contribution in [2.75, 3.05) is 7.11 Å². The summed E-state index contributed by atoms with van der Waals surface area (Å²) in [6.45, 7) is 7.96. The van der Waals surface area contributed by atoms with Crippen molar-refractivity contribution in [2.45, 2.75) is 77.0 Å². The number of rotatable bonds is 4. The molecule has 1 aliphatic heterocycles. The van der Waals surface area contributed by atoms with Crippen LogP contribution in [0.3, 0.4) is 0 Å². The fourth-order valence-corrected chi connectivity index (χ4v) is 8.26. The quantitative estimate of drug-likeness (QED) is 0.466. The van der Waals surface area contributed by atoms with Crippen molar-refractivity contribution in [1.29, 1.82) is 0 Å². The molecule has 3 saturated carbocycles. The van der Waals surface area contributed by atoms with E-state index in [1.165, 1.54) is 19.3 Å². The van der Waals surface area contributed by atoms with Crippen molar-refractivity contribution in [3.8, 4) is 0 Å². The number of aliphatic hydroxyl groups excluding tert-OH is 1. The molecule has 1 aromatic carbocycles. The maximum Gasteiger partial charge on any atom is 0.333 e. The van der Waals surface area contributed by atoms with Crippen molar-refractivity contribution < 1.29 is 34.0 Å². The normalized spacial score (nSPS) is 42.3. The van der Waals surface area contributed by atoms with Gasteiger partial charge in [0, 0.05) is 36.7 Å².